The lowest BCUT2D eigenvalue weighted by Gasteiger charge is -2.36. The predicted octanol–water partition coefficient (Wildman–Crippen LogP) is 2.69. The number of likely N-dealkylation sites (tertiary alicyclic amines) is 1. The molecule has 1 amide bonds. The van der Waals surface area contributed by atoms with E-state index in [2.05, 4.69) is 0 Å². The van der Waals surface area contributed by atoms with Crippen molar-refractivity contribution in [2.24, 2.45) is 0 Å². The number of piperidine rings is 1. The highest BCUT2D eigenvalue weighted by atomic mass is 32.2. The summed E-state index contributed by atoms with van der Waals surface area (Å²) in [5.74, 6) is 0. The third-order valence-corrected chi connectivity index (χ3v) is 5.03. The molecular weight excluding hydrogens is 346 g/mol. The minimum Gasteiger partial charge on any atom is -0.444 e. The minimum absolute atomic E-state index is 0.149. The fourth-order valence-electron chi connectivity index (χ4n) is 3.28. The monoisotopic (exact) mass is 377 g/mol. The van der Waals surface area contributed by atoms with E-state index in [1.165, 1.54) is 0 Å². The van der Waals surface area contributed by atoms with Gasteiger partial charge in [0.25, 0.3) is 10.1 Å². The van der Waals surface area contributed by atoms with Gasteiger partial charge in [0.1, 0.15) is 5.60 Å². The van der Waals surface area contributed by atoms with Gasteiger partial charge in [0.2, 0.25) is 0 Å². The molecule has 1 heterocycles. The van der Waals surface area contributed by atoms with Gasteiger partial charge in [0.05, 0.1) is 24.6 Å². The molecule has 2 rings (SSSR count). The number of rotatable bonds is 4. The summed E-state index contributed by atoms with van der Waals surface area (Å²) in [6.45, 7) is 6.89. The molecule has 2 fully saturated rings. The third-order valence-electron chi connectivity index (χ3n) is 4.41. The number of amides is 1. The molecule has 0 atom stereocenters. The molecule has 0 spiro atoms. The largest absolute Gasteiger partial charge is 0.444 e. The van der Waals surface area contributed by atoms with Gasteiger partial charge in [-0.05, 0) is 59.3 Å². The van der Waals surface area contributed by atoms with Crippen LogP contribution < -0.4 is 0 Å². The zero-order chi connectivity index (χ0) is 18.7. The molecule has 0 aromatic rings. The topological polar surface area (TPSA) is 82.1 Å². The zero-order valence-electron chi connectivity index (χ0n) is 15.7. The Balaban J connectivity index is 1.68. The molecule has 2 aliphatic rings. The van der Waals surface area contributed by atoms with Crippen LogP contribution in [0.2, 0.25) is 0 Å². The van der Waals surface area contributed by atoms with Crippen molar-refractivity contribution in [3.05, 3.63) is 0 Å². The van der Waals surface area contributed by atoms with Gasteiger partial charge in [-0.3, -0.25) is 4.18 Å². The summed E-state index contributed by atoms with van der Waals surface area (Å²) in [7, 11) is -3.39. The van der Waals surface area contributed by atoms with Gasteiger partial charge >= 0.3 is 6.09 Å². The van der Waals surface area contributed by atoms with Crippen molar-refractivity contribution in [1.29, 1.82) is 0 Å². The zero-order valence-corrected chi connectivity index (χ0v) is 16.5. The summed E-state index contributed by atoms with van der Waals surface area (Å²) in [5, 5.41) is 0. The van der Waals surface area contributed by atoms with Gasteiger partial charge in [-0.15, -0.1) is 0 Å². The molecule has 0 N–H and O–H groups in total. The van der Waals surface area contributed by atoms with Crippen LogP contribution in [0.1, 0.15) is 59.3 Å². The summed E-state index contributed by atoms with van der Waals surface area (Å²) in [5.41, 5.74) is -0.475. The van der Waals surface area contributed by atoms with Crippen molar-refractivity contribution in [1.82, 2.24) is 4.90 Å². The second kappa shape index (κ2) is 8.22. The Morgan fingerprint density at radius 3 is 1.88 bits per heavy atom. The lowest BCUT2D eigenvalue weighted by molar-refractivity contribution is -0.0671. The first-order chi connectivity index (χ1) is 11.5. The number of ether oxygens (including phenoxy) is 2. The normalized spacial score (nSPS) is 26.5. The number of carbonyl (C=O) groups excluding carboxylic acids is 1. The number of hydrogen-bond acceptors (Lipinski definition) is 6. The van der Waals surface area contributed by atoms with Crippen LogP contribution >= 0.6 is 0 Å². The molecule has 1 saturated heterocycles. The van der Waals surface area contributed by atoms with E-state index in [1.54, 1.807) is 4.90 Å². The molecule has 1 saturated carbocycles. The molecule has 146 valence electrons. The van der Waals surface area contributed by atoms with Crippen LogP contribution in [0.15, 0.2) is 0 Å². The van der Waals surface area contributed by atoms with E-state index in [-0.39, 0.29) is 24.4 Å². The SMILES string of the molecule is CC(C)(C)OC(=O)N1CCC(OC2CCC(OS(C)(=O)=O)CC2)CC1. The van der Waals surface area contributed by atoms with Crippen LogP contribution in [0.25, 0.3) is 0 Å². The highest BCUT2D eigenvalue weighted by Crippen LogP contribution is 2.27. The lowest BCUT2D eigenvalue weighted by Crippen LogP contribution is -2.44. The molecule has 0 aromatic heterocycles. The molecule has 25 heavy (non-hydrogen) atoms. The Hall–Kier alpha value is -0.860. The molecular formula is C17H31NO6S. The second-order valence-electron chi connectivity index (χ2n) is 8.00. The molecule has 0 radical (unpaired) electrons. The second-order valence-corrected chi connectivity index (χ2v) is 9.60. The van der Waals surface area contributed by atoms with Crippen LogP contribution in [0, 0.1) is 0 Å². The highest BCUT2D eigenvalue weighted by molar-refractivity contribution is 7.86. The standard InChI is InChI=1S/C17H31NO6S/c1-17(2,3)23-16(19)18-11-9-14(10-12-18)22-13-5-7-15(8-6-13)24-25(4,20)21/h13-15H,5-12H2,1-4H3. The van der Waals surface area contributed by atoms with Crippen LogP contribution in [0.3, 0.4) is 0 Å². The summed E-state index contributed by atoms with van der Waals surface area (Å²) >= 11 is 0. The van der Waals surface area contributed by atoms with Crippen LogP contribution in [-0.4, -0.2) is 62.7 Å². The van der Waals surface area contributed by atoms with Gasteiger partial charge in [0.15, 0.2) is 0 Å². The summed E-state index contributed by atoms with van der Waals surface area (Å²) < 4.78 is 39.0. The molecule has 8 heteroatoms. The molecule has 7 nitrogen and oxygen atoms in total. The van der Waals surface area contributed by atoms with E-state index >= 15 is 0 Å². The van der Waals surface area contributed by atoms with Gasteiger partial charge in [-0.1, -0.05) is 0 Å². The van der Waals surface area contributed by atoms with Crippen molar-refractivity contribution in [3.8, 4) is 0 Å². The molecule has 0 aromatic carbocycles. The van der Waals surface area contributed by atoms with Crippen molar-refractivity contribution >= 4 is 16.2 Å². The van der Waals surface area contributed by atoms with Crippen LogP contribution in [-0.2, 0) is 23.8 Å². The van der Waals surface area contributed by atoms with Gasteiger partial charge in [-0.25, -0.2) is 4.79 Å². The van der Waals surface area contributed by atoms with Crippen LogP contribution in [0.5, 0.6) is 0 Å². The minimum atomic E-state index is -3.39. The van der Waals surface area contributed by atoms with Gasteiger partial charge in [-0.2, -0.15) is 8.42 Å². The summed E-state index contributed by atoms with van der Waals surface area (Å²) in [6.07, 6.45) is 5.55. The number of hydrogen-bond donors (Lipinski definition) is 0. The third kappa shape index (κ3) is 7.50. The van der Waals surface area contributed by atoms with E-state index in [9.17, 15) is 13.2 Å². The summed E-state index contributed by atoms with van der Waals surface area (Å²) in [6, 6.07) is 0. The van der Waals surface area contributed by atoms with E-state index in [1.807, 2.05) is 20.8 Å². The quantitative estimate of drug-likeness (QED) is 0.701. The fraction of sp³-hybridized carbons (Fsp3) is 0.941. The Labute approximate surface area is 151 Å². The molecule has 1 aliphatic heterocycles. The van der Waals surface area contributed by atoms with E-state index in [4.69, 9.17) is 13.7 Å². The molecule has 1 aliphatic carbocycles. The van der Waals surface area contributed by atoms with E-state index in [0.29, 0.717) is 25.9 Å². The maximum Gasteiger partial charge on any atom is 0.410 e. The summed E-state index contributed by atoms with van der Waals surface area (Å²) in [4.78, 5) is 13.8. The van der Waals surface area contributed by atoms with Gasteiger partial charge in [0, 0.05) is 13.1 Å². The average molecular weight is 378 g/mol. The van der Waals surface area contributed by atoms with E-state index < -0.39 is 15.7 Å². The average Bonchev–Trinajstić information content (AvgIpc) is 2.47. The maximum absolute atomic E-state index is 12.1. The Bertz CT molecular complexity index is 540. The van der Waals surface area contributed by atoms with Crippen molar-refractivity contribution in [2.75, 3.05) is 19.3 Å². The fourth-order valence-corrected chi connectivity index (χ4v) is 3.97. The first-order valence-corrected chi connectivity index (χ1v) is 10.8. The highest BCUT2D eigenvalue weighted by Gasteiger charge is 2.30. The molecule has 0 unspecified atom stereocenters. The first-order valence-electron chi connectivity index (χ1n) is 9.03. The Morgan fingerprint density at radius 2 is 1.40 bits per heavy atom. The Kier molecular flexibility index (Phi) is 6.73. The lowest BCUT2D eigenvalue weighted by atomic mass is 9.94. The van der Waals surface area contributed by atoms with Crippen LogP contribution in [0.4, 0.5) is 4.79 Å². The Morgan fingerprint density at radius 1 is 0.920 bits per heavy atom. The first kappa shape index (κ1) is 20.5. The van der Waals surface area contributed by atoms with Crippen molar-refractivity contribution in [2.45, 2.75) is 83.2 Å². The maximum atomic E-state index is 12.1. The van der Waals surface area contributed by atoms with E-state index in [0.717, 1.165) is 31.9 Å². The number of nitrogens with zero attached hydrogens (tertiary/aromatic N) is 1. The van der Waals surface area contributed by atoms with Crippen molar-refractivity contribution < 1.29 is 26.9 Å². The number of carbonyl (C=O) groups is 1. The van der Waals surface area contributed by atoms with Gasteiger partial charge < -0.3 is 14.4 Å². The molecule has 0 bridgehead atoms. The smallest absolute Gasteiger partial charge is 0.410 e. The van der Waals surface area contributed by atoms with Crippen molar-refractivity contribution in [3.63, 3.8) is 0 Å². The predicted molar refractivity (Wildman–Crippen MR) is 93.9 cm³/mol.